The van der Waals surface area contributed by atoms with E-state index in [-0.39, 0.29) is 5.41 Å². The standard InChI is InChI=1S/C17H34O2/c1-4-7-10-11-14-17(12-8-5-2,13-9-6-3)15-16(18)19/h4-15H2,1-3H3,(H,18,19). The highest BCUT2D eigenvalue weighted by atomic mass is 16.4. The van der Waals surface area contributed by atoms with Crippen molar-refractivity contribution in [1.82, 2.24) is 0 Å². The van der Waals surface area contributed by atoms with Crippen molar-refractivity contribution in [3.05, 3.63) is 0 Å². The summed E-state index contributed by atoms with van der Waals surface area (Å²) >= 11 is 0. The maximum absolute atomic E-state index is 11.2. The molecule has 0 aliphatic carbocycles. The molecule has 0 radical (unpaired) electrons. The van der Waals surface area contributed by atoms with Crippen LogP contribution in [0.4, 0.5) is 0 Å². The summed E-state index contributed by atoms with van der Waals surface area (Å²) in [6.45, 7) is 6.61. The van der Waals surface area contributed by atoms with E-state index in [0.717, 1.165) is 19.3 Å². The van der Waals surface area contributed by atoms with Gasteiger partial charge in [0.2, 0.25) is 0 Å². The van der Waals surface area contributed by atoms with E-state index in [9.17, 15) is 9.90 Å². The van der Waals surface area contributed by atoms with Gasteiger partial charge in [-0.15, -0.1) is 0 Å². The Morgan fingerprint density at radius 2 is 1.26 bits per heavy atom. The molecule has 19 heavy (non-hydrogen) atoms. The normalized spacial score (nSPS) is 11.7. The molecule has 0 aromatic rings. The van der Waals surface area contributed by atoms with Crippen LogP contribution in [0.15, 0.2) is 0 Å². The highest BCUT2D eigenvalue weighted by molar-refractivity contribution is 5.67. The van der Waals surface area contributed by atoms with Gasteiger partial charge in [-0.3, -0.25) is 4.79 Å². The minimum atomic E-state index is -0.609. The molecule has 114 valence electrons. The summed E-state index contributed by atoms with van der Waals surface area (Å²) in [5.74, 6) is -0.609. The van der Waals surface area contributed by atoms with Gasteiger partial charge in [-0.1, -0.05) is 72.1 Å². The number of unbranched alkanes of at least 4 members (excludes halogenated alkanes) is 5. The van der Waals surface area contributed by atoms with Crippen molar-refractivity contribution in [2.24, 2.45) is 5.41 Å². The number of rotatable bonds is 13. The van der Waals surface area contributed by atoms with Crippen LogP contribution in [0.3, 0.4) is 0 Å². The maximum Gasteiger partial charge on any atom is 0.303 e. The van der Waals surface area contributed by atoms with Crippen molar-refractivity contribution >= 4 is 5.97 Å². The molecule has 0 bridgehead atoms. The van der Waals surface area contributed by atoms with Crippen LogP contribution < -0.4 is 0 Å². The van der Waals surface area contributed by atoms with E-state index in [2.05, 4.69) is 20.8 Å². The monoisotopic (exact) mass is 270 g/mol. The van der Waals surface area contributed by atoms with Crippen LogP contribution in [-0.2, 0) is 4.79 Å². The van der Waals surface area contributed by atoms with Crippen LogP contribution in [0.1, 0.15) is 97.8 Å². The van der Waals surface area contributed by atoms with E-state index >= 15 is 0 Å². The molecule has 0 saturated carbocycles. The van der Waals surface area contributed by atoms with Gasteiger partial charge in [-0.05, 0) is 24.7 Å². The van der Waals surface area contributed by atoms with Gasteiger partial charge in [-0.2, -0.15) is 0 Å². The maximum atomic E-state index is 11.2. The Morgan fingerprint density at radius 3 is 1.68 bits per heavy atom. The molecule has 0 amide bonds. The topological polar surface area (TPSA) is 37.3 Å². The van der Waals surface area contributed by atoms with Gasteiger partial charge in [-0.25, -0.2) is 0 Å². The first-order valence-electron chi connectivity index (χ1n) is 8.32. The second-order valence-corrected chi connectivity index (χ2v) is 6.09. The second kappa shape index (κ2) is 11.3. The lowest BCUT2D eigenvalue weighted by Crippen LogP contribution is -2.25. The summed E-state index contributed by atoms with van der Waals surface area (Å²) in [7, 11) is 0. The van der Waals surface area contributed by atoms with Crippen LogP contribution in [0, 0.1) is 5.41 Å². The van der Waals surface area contributed by atoms with Gasteiger partial charge in [0.15, 0.2) is 0 Å². The highest BCUT2D eigenvalue weighted by Gasteiger charge is 2.31. The largest absolute Gasteiger partial charge is 0.481 e. The fourth-order valence-electron chi connectivity index (χ4n) is 2.99. The van der Waals surface area contributed by atoms with E-state index in [1.165, 1.54) is 51.4 Å². The minimum absolute atomic E-state index is 0.0750. The number of carboxylic acid groups (broad SMARTS) is 1. The quantitative estimate of drug-likeness (QED) is 0.429. The fourth-order valence-corrected chi connectivity index (χ4v) is 2.99. The third kappa shape index (κ3) is 9.07. The molecule has 0 spiro atoms. The summed E-state index contributed by atoms with van der Waals surface area (Å²) in [6.07, 6.45) is 13.4. The Kier molecular flexibility index (Phi) is 11.0. The lowest BCUT2D eigenvalue weighted by atomic mass is 9.72. The van der Waals surface area contributed by atoms with Crippen LogP contribution >= 0.6 is 0 Å². The van der Waals surface area contributed by atoms with Gasteiger partial charge in [0.05, 0.1) is 6.42 Å². The average Bonchev–Trinajstić information content (AvgIpc) is 2.38. The van der Waals surface area contributed by atoms with E-state index in [0.29, 0.717) is 6.42 Å². The van der Waals surface area contributed by atoms with Gasteiger partial charge in [0.25, 0.3) is 0 Å². The summed E-state index contributed by atoms with van der Waals surface area (Å²) in [5, 5.41) is 9.25. The zero-order valence-corrected chi connectivity index (χ0v) is 13.3. The van der Waals surface area contributed by atoms with Gasteiger partial charge in [0, 0.05) is 0 Å². The molecule has 0 rings (SSSR count). The number of hydrogen-bond acceptors (Lipinski definition) is 1. The van der Waals surface area contributed by atoms with Crippen molar-refractivity contribution in [3.63, 3.8) is 0 Å². The Labute approximate surface area is 120 Å². The first-order chi connectivity index (χ1) is 9.10. The molecule has 0 atom stereocenters. The lowest BCUT2D eigenvalue weighted by Gasteiger charge is -2.33. The lowest BCUT2D eigenvalue weighted by molar-refractivity contribution is -0.140. The molecule has 0 fully saturated rings. The molecule has 0 heterocycles. The summed E-state index contributed by atoms with van der Waals surface area (Å²) in [5.41, 5.74) is 0.0750. The van der Waals surface area contributed by atoms with E-state index in [1.54, 1.807) is 0 Å². The molecule has 0 aliphatic rings. The predicted molar refractivity (Wildman–Crippen MR) is 82.5 cm³/mol. The molecule has 2 heteroatoms. The fraction of sp³-hybridized carbons (Fsp3) is 0.941. The first kappa shape index (κ1) is 18.5. The number of carbonyl (C=O) groups is 1. The summed E-state index contributed by atoms with van der Waals surface area (Å²) < 4.78 is 0. The van der Waals surface area contributed by atoms with Crippen molar-refractivity contribution in [1.29, 1.82) is 0 Å². The van der Waals surface area contributed by atoms with Gasteiger partial charge < -0.3 is 5.11 Å². The molecular formula is C17H34O2. The van der Waals surface area contributed by atoms with Crippen molar-refractivity contribution in [2.75, 3.05) is 0 Å². The zero-order valence-electron chi connectivity index (χ0n) is 13.3. The third-order valence-corrected chi connectivity index (χ3v) is 4.21. The number of aliphatic carboxylic acids is 1. The van der Waals surface area contributed by atoms with E-state index in [4.69, 9.17) is 0 Å². The molecule has 2 nitrogen and oxygen atoms in total. The van der Waals surface area contributed by atoms with E-state index in [1.807, 2.05) is 0 Å². The van der Waals surface area contributed by atoms with Crippen LogP contribution in [0.5, 0.6) is 0 Å². The van der Waals surface area contributed by atoms with Gasteiger partial charge >= 0.3 is 5.97 Å². The molecule has 0 saturated heterocycles. The second-order valence-electron chi connectivity index (χ2n) is 6.09. The summed E-state index contributed by atoms with van der Waals surface area (Å²) in [4.78, 5) is 11.2. The van der Waals surface area contributed by atoms with Gasteiger partial charge in [0.1, 0.15) is 0 Å². The Morgan fingerprint density at radius 1 is 0.789 bits per heavy atom. The summed E-state index contributed by atoms with van der Waals surface area (Å²) in [6, 6.07) is 0. The molecule has 1 N–H and O–H groups in total. The number of carboxylic acids is 1. The van der Waals surface area contributed by atoms with Crippen molar-refractivity contribution < 1.29 is 9.90 Å². The smallest absolute Gasteiger partial charge is 0.303 e. The molecule has 0 unspecified atom stereocenters. The number of hydrogen-bond donors (Lipinski definition) is 1. The van der Waals surface area contributed by atoms with Crippen molar-refractivity contribution in [3.8, 4) is 0 Å². The Bertz CT molecular complexity index is 215. The molecule has 0 aliphatic heterocycles. The highest BCUT2D eigenvalue weighted by Crippen LogP contribution is 2.40. The van der Waals surface area contributed by atoms with Crippen molar-refractivity contribution in [2.45, 2.75) is 97.8 Å². The third-order valence-electron chi connectivity index (χ3n) is 4.21. The minimum Gasteiger partial charge on any atom is -0.481 e. The predicted octanol–water partition coefficient (Wildman–Crippen LogP) is 5.80. The Balaban J connectivity index is 4.52. The molecule has 0 aromatic carbocycles. The van der Waals surface area contributed by atoms with Crippen LogP contribution in [0.25, 0.3) is 0 Å². The zero-order chi connectivity index (χ0) is 14.6. The molecular weight excluding hydrogens is 236 g/mol. The van der Waals surface area contributed by atoms with Crippen LogP contribution in [-0.4, -0.2) is 11.1 Å². The van der Waals surface area contributed by atoms with E-state index < -0.39 is 5.97 Å². The first-order valence-corrected chi connectivity index (χ1v) is 8.32. The van der Waals surface area contributed by atoms with Crippen LogP contribution in [0.2, 0.25) is 0 Å². The average molecular weight is 270 g/mol. The Hall–Kier alpha value is -0.530. The SMILES string of the molecule is CCCCCCC(CCCC)(CCCC)CC(=O)O. The molecule has 0 aromatic heterocycles.